The number of hydrogen-bond acceptors (Lipinski definition) is 2. The van der Waals surface area contributed by atoms with Gasteiger partial charge in [-0.3, -0.25) is 4.52 Å². The minimum atomic E-state index is -4.73. The van der Waals surface area contributed by atoms with Crippen LogP contribution in [0.4, 0.5) is 0 Å². The summed E-state index contributed by atoms with van der Waals surface area (Å²) in [6.07, 6.45) is 43.4. The van der Waals surface area contributed by atoms with Gasteiger partial charge in [0.15, 0.2) is 0 Å². The van der Waals surface area contributed by atoms with Crippen LogP contribution in [0.3, 0.4) is 0 Å². The second-order valence-electron chi connectivity index (χ2n) is 17.5. The minimum Gasteiger partial charge on any atom is -0.324 e. The van der Waals surface area contributed by atoms with Crippen LogP contribution in [0.1, 0.15) is 259 Å². The van der Waals surface area contributed by atoms with Gasteiger partial charge < -0.3 is 14.3 Å². The van der Waals surface area contributed by atoms with Gasteiger partial charge in [-0.25, -0.2) is 4.57 Å². The number of phosphoric ester groups is 1. The minimum absolute atomic E-state index is 0.346. The van der Waals surface area contributed by atoms with Crippen LogP contribution in [-0.4, -0.2) is 46.6 Å². The highest BCUT2D eigenvalue weighted by Crippen LogP contribution is 2.55. The summed E-state index contributed by atoms with van der Waals surface area (Å²) < 4.78 is 20.3. The van der Waals surface area contributed by atoms with Crippen molar-refractivity contribution < 1.29 is 23.4 Å². The predicted molar refractivity (Wildman–Crippen MR) is 226 cm³/mol. The van der Waals surface area contributed by atoms with Crippen LogP contribution >= 0.6 is 7.82 Å². The van der Waals surface area contributed by atoms with Crippen molar-refractivity contribution in [3.8, 4) is 0 Å². The lowest BCUT2D eigenvalue weighted by Crippen LogP contribution is -2.70. The summed E-state index contributed by atoms with van der Waals surface area (Å²) in [5.41, 5.74) is -1.18. The van der Waals surface area contributed by atoms with Gasteiger partial charge in [0.05, 0.1) is 21.1 Å². The quantitative estimate of drug-likeness (QED) is 0.0372. The molecule has 0 aliphatic heterocycles. The smallest absolute Gasteiger partial charge is 0.324 e. The number of unbranched alkanes of at least 4 members (excludes halogenated alkanes) is 28. The zero-order valence-electron chi connectivity index (χ0n) is 36.1. The van der Waals surface area contributed by atoms with E-state index in [1.165, 1.54) is 167 Å². The zero-order chi connectivity index (χ0) is 38.2. The summed E-state index contributed by atoms with van der Waals surface area (Å²) in [7, 11) is 2.21. The van der Waals surface area contributed by atoms with E-state index in [9.17, 15) is 14.4 Å². The molecule has 0 spiro atoms. The van der Waals surface area contributed by atoms with Crippen LogP contribution < -0.4 is 0 Å². The van der Waals surface area contributed by atoms with Gasteiger partial charge in [0.1, 0.15) is 11.1 Å². The number of quaternary nitrogens is 1. The molecule has 2 N–H and O–H groups in total. The SMILES string of the molecule is CCCCCCCCCCC(CCCCCCCCCC)(OP(=O)(O)O)C(CCCCCCCCCC)(CCCCCCCCCC)[N+](C)(C)C. The van der Waals surface area contributed by atoms with Crippen molar-refractivity contribution in [1.82, 2.24) is 0 Å². The summed E-state index contributed by atoms with van der Waals surface area (Å²) in [5, 5.41) is 0. The molecule has 0 aromatic rings. The molecule has 0 aromatic carbocycles. The fraction of sp³-hybridized carbons (Fsp3) is 1.00. The fourth-order valence-electron chi connectivity index (χ4n) is 9.05. The van der Waals surface area contributed by atoms with Crippen LogP contribution in [-0.2, 0) is 9.09 Å². The summed E-state index contributed by atoms with van der Waals surface area (Å²) in [5.74, 6) is 0. The van der Waals surface area contributed by atoms with Crippen LogP contribution in [0.25, 0.3) is 0 Å². The number of rotatable bonds is 40. The highest BCUT2D eigenvalue weighted by molar-refractivity contribution is 7.46. The Morgan fingerprint density at radius 2 is 0.608 bits per heavy atom. The molecule has 0 saturated carbocycles. The number of hydrogen-bond donors (Lipinski definition) is 2. The topological polar surface area (TPSA) is 66.8 Å². The first-order valence-corrected chi connectivity index (χ1v) is 24.6. The van der Waals surface area contributed by atoms with Crippen molar-refractivity contribution in [3.05, 3.63) is 0 Å². The molecule has 0 unspecified atom stereocenters. The maximum Gasteiger partial charge on any atom is 0.470 e. The van der Waals surface area contributed by atoms with Gasteiger partial charge in [0, 0.05) is 12.8 Å². The Hall–Kier alpha value is 0.0700. The molecule has 0 amide bonds. The molecule has 0 saturated heterocycles. The Bertz CT molecular complexity index is 752. The Balaban J connectivity index is 6.35. The van der Waals surface area contributed by atoms with Crippen LogP contribution in [0.15, 0.2) is 0 Å². The van der Waals surface area contributed by atoms with E-state index >= 15 is 0 Å². The molecule has 6 heteroatoms. The van der Waals surface area contributed by atoms with Crippen molar-refractivity contribution in [2.75, 3.05) is 21.1 Å². The zero-order valence-corrected chi connectivity index (χ0v) is 37.0. The van der Waals surface area contributed by atoms with Crippen molar-refractivity contribution in [2.45, 2.75) is 270 Å². The van der Waals surface area contributed by atoms with E-state index in [-0.39, 0.29) is 5.54 Å². The maximum atomic E-state index is 13.2. The first kappa shape index (κ1) is 51.1. The van der Waals surface area contributed by atoms with E-state index in [1.807, 2.05) is 0 Å². The van der Waals surface area contributed by atoms with E-state index in [2.05, 4.69) is 48.8 Å². The van der Waals surface area contributed by atoms with Gasteiger partial charge in [0.25, 0.3) is 0 Å². The average Bonchev–Trinajstić information content (AvgIpc) is 3.07. The van der Waals surface area contributed by atoms with Crippen molar-refractivity contribution in [2.24, 2.45) is 0 Å². The van der Waals surface area contributed by atoms with Crippen LogP contribution in [0.5, 0.6) is 0 Å². The molecule has 0 radical (unpaired) electrons. The Morgan fingerprint density at radius 3 is 0.824 bits per heavy atom. The summed E-state index contributed by atoms with van der Waals surface area (Å²) in [6.45, 7) is 9.11. The normalized spacial score (nSPS) is 13.0. The Morgan fingerprint density at radius 1 is 0.392 bits per heavy atom. The van der Waals surface area contributed by atoms with E-state index in [0.717, 1.165) is 64.2 Å². The largest absolute Gasteiger partial charge is 0.470 e. The first-order valence-electron chi connectivity index (χ1n) is 23.0. The maximum absolute atomic E-state index is 13.2. The third kappa shape index (κ3) is 25.0. The molecule has 51 heavy (non-hydrogen) atoms. The van der Waals surface area contributed by atoms with Gasteiger partial charge in [-0.2, -0.15) is 0 Å². The van der Waals surface area contributed by atoms with Gasteiger partial charge in [-0.05, 0) is 25.7 Å². The lowest BCUT2D eigenvalue weighted by molar-refractivity contribution is -0.934. The van der Waals surface area contributed by atoms with Gasteiger partial charge >= 0.3 is 7.82 Å². The third-order valence-electron chi connectivity index (χ3n) is 12.2. The first-order chi connectivity index (χ1) is 24.4. The summed E-state index contributed by atoms with van der Waals surface area (Å²) in [6, 6.07) is 0. The molecule has 0 heterocycles. The third-order valence-corrected chi connectivity index (χ3v) is 12.8. The van der Waals surface area contributed by atoms with E-state index < -0.39 is 13.4 Å². The standard InChI is InChI=1S/C45H94NO4P/c1-8-12-16-20-24-28-32-36-40-44(46(5,6)7,41-37-33-29-25-21-17-13-9-2)45(50-51(47,48)49,42-38-34-30-26-22-18-14-10-3)43-39-35-31-27-23-19-15-11-4/h8-43H2,1-7H3,(H-,47,48,49)/p+1. The molecule has 0 fully saturated rings. The molecule has 0 atom stereocenters. The van der Waals surface area contributed by atoms with E-state index in [4.69, 9.17) is 4.52 Å². The average molecular weight is 745 g/mol. The second kappa shape index (κ2) is 32.3. The van der Waals surface area contributed by atoms with Gasteiger partial charge in [0.2, 0.25) is 0 Å². The van der Waals surface area contributed by atoms with Gasteiger partial charge in [-0.15, -0.1) is 0 Å². The molecular formula is C45H95NO4P+. The second-order valence-corrected chi connectivity index (χ2v) is 18.7. The Labute approximate surface area is 321 Å². The Kier molecular flexibility index (Phi) is 32.4. The van der Waals surface area contributed by atoms with E-state index in [1.54, 1.807) is 0 Å². The summed E-state index contributed by atoms with van der Waals surface area (Å²) >= 11 is 0. The molecular weight excluding hydrogens is 649 g/mol. The van der Waals surface area contributed by atoms with E-state index in [0.29, 0.717) is 4.48 Å². The van der Waals surface area contributed by atoms with Gasteiger partial charge in [-0.1, -0.05) is 220 Å². The fourth-order valence-corrected chi connectivity index (χ4v) is 9.86. The molecule has 0 aliphatic rings. The molecule has 0 bridgehead atoms. The predicted octanol–water partition coefficient (Wildman–Crippen LogP) is 15.4. The van der Waals surface area contributed by atoms with Crippen molar-refractivity contribution >= 4 is 7.82 Å². The van der Waals surface area contributed by atoms with Crippen LogP contribution in [0, 0.1) is 0 Å². The highest BCUT2D eigenvalue weighted by Gasteiger charge is 2.61. The molecule has 0 aromatic heterocycles. The molecule has 5 nitrogen and oxygen atoms in total. The monoisotopic (exact) mass is 745 g/mol. The number of nitrogens with zero attached hydrogens (tertiary/aromatic N) is 1. The number of likely N-dealkylation sites (N-methyl/N-ethyl adjacent to an activating group) is 1. The molecule has 0 rings (SSSR count). The van der Waals surface area contributed by atoms with Crippen LogP contribution in [0.2, 0.25) is 0 Å². The molecule has 0 aliphatic carbocycles. The van der Waals surface area contributed by atoms with Crippen molar-refractivity contribution in [1.29, 1.82) is 0 Å². The van der Waals surface area contributed by atoms with Crippen molar-refractivity contribution in [3.63, 3.8) is 0 Å². The molecule has 308 valence electrons. The number of phosphoric acid groups is 1. The lowest BCUT2D eigenvalue weighted by atomic mass is 9.66. The lowest BCUT2D eigenvalue weighted by Gasteiger charge is -2.57. The summed E-state index contributed by atoms with van der Waals surface area (Å²) in [4.78, 5) is 21.5. The highest BCUT2D eigenvalue weighted by atomic mass is 31.2.